The molecule has 0 aliphatic rings. The Morgan fingerprint density at radius 3 is 2.36 bits per heavy atom. The molecule has 3 aromatic carbocycles. The number of nitrogens with zero attached hydrogens (tertiary/aromatic N) is 3. The number of pyridine rings is 2. The predicted molar refractivity (Wildman–Crippen MR) is 137 cm³/mol. The van der Waals surface area contributed by atoms with Gasteiger partial charge in [-0.15, -0.1) is 0 Å². The first-order valence-corrected chi connectivity index (χ1v) is 11.6. The van der Waals surface area contributed by atoms with Gasteiger partial charge in [-0.3, -0.25) is 0 Å². The average Bonchev–Trinajstić information content (AvgIpc) is 3.11. The number of aryl methyl sites for hydroxylation is 5. The molecule has 3 heteroatoms. The molecule has 0 bridgehead atoms. The van der Waals surface area contributed by atoms with Crippen molar-refractivity contribution in [1.82, 2.24) is 4.40 Å². The van der Waals surface area contributed by atoms with Gasteiger partial charge in [0.1, 0.15) is 7.05 Å². The molecule has 3 nitrogen and oxygen atoms in total. The number of nitriles is 1. The Hall–Kier alpha value is -3.64. The minimum absolute atomic E-state index is 0.603. The first kappa shape index (κ1) is 20.0. The number of benzene rings is 3. The van der Waals surface area contributed by atoms with Crippen LogP contribution in [0.4, 0.5) is 0 Å². The van der Waals surface area contributed by atoms with Crippen molar-refractivity contribution in [3.05, 3.63) is 70.4 Å². The lowest BCUT2D eigenvalue weighted by Gasteiger charge is -2.21. The fraction of sp³-hybridized carbons (Fsp3) is 0.267. The molecular formula is C30H28N3+. The van der Waals surface area contributed by atoms with Crippen LogP contribution < -0.4 is 4.57 Å². The first-order chi connectivity index (χ1) is 15.7. The van der Waals surface area contributed by atoms with Crippen molar-refractivity contribution in [3.8, 4) is 6.07 Å². The van der Waals surface area contributed by atoms with Crippen LogP contribution in [0.3, 0.4) is 0 Å². The van der Waals surface area contributed by atoms with Crippen LogP contribution in [0.25, 0.3) is 49.0 Å². The second-order valence-corrected chi connectivity index (χ2v) is 10.3. The Kier molecular flexibility index (Phi) is 3.78. The summed E-state index contributed by atoms with van der Waals surface area (Å²) in [5.74, 6) is 0. The standard InChI is InChI=1S/C30H28N3/c1-16-8-9-23-21(12-16)26-22(30(5,6)15-31)14-20-10-11-32(7)28-24-19(4)17(2)13-18(3)27(24)33(23)29(26)25(20)28/h8-14H,1-7H3/q+1. The van der Waals surface area contributed by atoms with E-state index in [1.807, 2.05) is 13.8 Å². The van der Waals surface area contributed by atoms with E-state index in [2.05, 4.69) is 92.4 Å². The number of hydrogen-bond acceptors (Lipinski definition) is 1. The molecule has 0 aliphatic heterocycles. The van der Waals surface area contributed by atoms with E-state index in [1.165, 1.54) is 71.3 Å². The Labute approximate surface area is 193 Å². The summed E-state index contributed by atoms with van der Waals surface area (Å²) in [5, 5.41) is 16.4. The molecule has 0 unspecified atom stereocenters. The van der Waals surface area contributed by atoms with E-state index < -0.39 is 5.41 Å². The maximum atomic E-state index is 10.1. The molecule has 0 N–H and O–H groups in total. The van der Waals surface area contributed by atoms with Gasteiger partial charge in [0, 0.05) is 16.8 Å². The molecule has 6 aromatic rings. The molecule has 3 heterocycles. The smallest absolute Gasteiger partial charge is 0.224 e. The van der Waals surface area contributed by atoms with Crippen molar-refractivity contribution in [1.29, 1.82) is 5.26 Å². The quantitative estimate of drug-likeness (QED) is 0.159. The highest BCUT2D eigenvalue weighted by Crippen LogP contribution is 2.46. The zero-order chi connectivity index (χ0) is 23.4. The van der Waals surface area contributed by atoms with Gasteiger partial charge in [-0.25, -0.2) is 4.57 Å². The Morgan fingerprint density at radius 1 is 0.879 bits per heavy atom. The number of rotatable bonds is 1. The van der Waals surface area contributed by atoms with Gasteiger partial charge in [-0.2, -0.15) is 5.26 Å². The van der Waals surface area contributed by atoms with Gasteiger partial charge in [-0.05, 0) is 87.4 Å². The Balaban J connectivity index is 2.13. The third-order valence-electron chi connectivity index (χ3n) is 7.71. The maximum absolute atomic E-state index is 10.1. The van der Waals surface area contributed by atoms with E-state index in [1.54, 1.807) is 0 Å². The van der Waals surface area contributed by atoms with E-state index in [4.69, 9.17) is 0 Å². The van der Waals surface area contributed by atoms with E-state index in [-0.39, 0.29) is 0 Å². The molecule has 162 valence electrons. The molecule has 0 spiro atoms. The summed E-state index contributed by atoms with van der Waals surface area (Å²) in [6, 6.07) is 16.1. The van der Waals surface area contributed by atoms with Gasteiger partial charge in [0.25, 0.3) is 0 Å². The fourth-order valence-corrected chi connectivity index (χ4v) is 5.91. The minimum atomic E-state index is -0.603. The van der Waals surface area contributed by atoms with Crippen LogP contribution in [0.2, 0.25) is 0 Å². The molecule has 6 rings (SSSR count). The maximum Gasteiger partial charge on any atom is 0.224 e. The lowest BCUT2D eigenvalue weighted by molar-refractivity contribution is -0.643. The number of fused-ring (bicyclic) bond motifs is 6. The zero-order valence-corrected chi connectivity index (χ0v) is 20.4. The van der Waals surface area contributed by atoms with E-state index in [0.717, 1.165) is 5.56 Å². The number of aromatic nitrogens is 2. The predicted octanol–water partition coefficient (Wildman–Crippen LogP) is 6.85. The highest BCUT2D eigenvalue weighted by molar-refractivity contribution is 6.28. The highest BCUT2D eigenvalue weighted by atomic mass is 15.0. The van der Waals surface area contributed by atoms with Crippen molar-refractivity contribution in [2.45, 2.75) is 47.0 Å². The summed E-state index contributed by atoms with van der Waals surface area (Å²) < 4.78 is 4.75. The summed E-state index contributed by atoms with van der Waals surface area (Å²) in [4.78, 5) is 0. The summed E-state index contributed by atoms with van der Waals surface area (Å²) in [7, 11) is 2.15. The lowest BCUT2D eigenvalue weighted by Crippen LogP contribution is -2.29. The third-order valence-corrected chi connectivity index (χ3v) is 7.71. The van der Waals surface area contributed by atoms with Gasteiger partial charge in [-0.1, -0.05) is 17.7 Å². The van der Waals surface area contributed by atoms with Gasteiger partial charge in [0.2, 0.25) is 5.52 Å². The summed E-state index contributed by atoms with van der Waals surface area (Å²) >= 11 is 0. The first-order valence-electron chi connectivity index (χ1n) is 11.6. The van der Waals surface area contributed by atoms with Crippen LogP contribution in [0.5, 0.6) is 0 Å². The molecule has 0 amide bonds. The highest BCUT2D eigenvalue weighted by Gasteiger charge is 2.31. The van der Waals surface area contributed by atoms with E-state index in [9.17, 15) is 5.26 Å². The molecule has 33 heavy (non-hydrogen) atoms. The second kappa shape index (κ2) is 6.23. The van der Waals surface area contributed by atoms with Crippen LogP contribution >= 0.6 is 0 Å². The molecule has 0 fully saturated rings. The molecule has 0 saturated heterocycles. The van der Waals surface area contributed by atoms with Crippen molar-refractivity contribution < 1.29 is 4.57 Å². The number of hydrogen-bond donors (Lipinski definition) is 0. The van der Waals surface area contributed by atoms with E-state index in [0.29, 0.717) is 0 Å². The topological polar surface area (TPSA) is 32.1 Å². The molecule has 0 atom stereocenters. The van der Waals surface area contributed by atoms with Crippen LogP contribution in [-0.4, -0.2) is 4.40 Å². The van der Waals surface area contributed by atoms with Crippen molar-refractivity contribution in [3.63, 3.8) is 0 Å². The van der Waals surface area contributed by atoms with Crippen LogP contribution in [0.15, 0.2) is 42.6 Å². The largest absolute Gasteiger partial charge is 0.307 e. The molecule has 0 saturated carbocycles. The Bertz CT molecular complexity index is 1840. The van der Waals surface area contributed by atoms with Gasteiger partial charge >= 0.3 is 0 Å². The van der Waals surface area contributed by atoms with Crippen LogP contribution in [-0.2, 0) is 12.5 Å². The monoisotopic (exact) mass is 430 g/mol. The third kappa shape index (κ3) is 2.36. The second-order valence-electron chi connectivity index (χ2n) is 10.3. The van der Waals surface area contributed by atoms with Gasteiger partial charge < -0.3 is 4.40 Å². The van der Waals surface area contributed by atoms with E-state index >= 15 is 0 Å². The molecule has 0 radical (unpaired) electrons. The average molecular weight is 431 g/mol. The molecular weight excluding hydrogens is 402 g/mol. The zero-order valence-electron chi connectivity index (χ0n) is 20.4. The molecule has 0 aliphatic carbocycles. The Morgan fingerprint density at radius 2 is 1.64 bits per heavy atom. The SMILES string of the molecule is Cc1ccc2c(c1)c1c(C(C)(C)C#N)cc3cc[n+](C)c4c5c(C)c(C)cc(C)c5n2c1c34. The van der Waals surface area contributed by atoms with Crippen molar-refractivity contribution >= 4 is 49.0 Å². The lowest BCUT2D eigenvalue weighted by atomic mass is 9.81. The normalized spacial score (nSPS) is 12.7. The fourth-order valence-electron chi connectivity index (χ4n) is 5.91. The van der Waals surface area contributed by atoms with Crippen molar-refractivity contribution in [2.24, 2.45) is 7.05 Å². The summed E-state index contributed by atoms with van der Waals surface area (Å²) in [6.07, 6.45) is 2.16. The van der Waals surface area contributed by atoms with Crippen LogP contribution in [0.1, 0.15) is 41.7 Å². The van der Waals surface area contributed by atoms with Crippen LogP contribution in [0, 0.1) is 39.0 Å². The summed E-state index contributed by atoms with van der Waals surface area (Å²) in [6.45, 7) is 12.9. The minimum Gasteiger partial charge on any atom is -0.307 e. The molecule has 3 aromatic heterocycles. The van der Waals surface area contributed by atoms with Gasteiger partial charge in [0.05, 0.1) is 38.8 Å². The van der Waals surface area contributed by atoms with Gasteiger partial charge in [0.15, 0.2) is 6.20 Å². The van der Waals surface area contributed by atoms with Crippen molar-refractivity contribution in [2.75, 3.05) is 0 Å². The summed E-state index contributed by atoms with van der Waals surface area (Å²) in [5.41, 5.74) is 10.6.